The first-order chi connectivity index (χ1) is 8.35. The summed E-state index contributed by atoms with van der Waals surface area (Å²) in [5.41, 5.74) is 2.68. The molecule has 0 bridgehead atoms. The van der Waals surface area contributed by atoms with E-state index in [1.165, 1.54) is 0 Å². The van der Waals surface area contributed by atoms with Crippen molar-refractivity contribution >= 4 is 0 Å². The third-order valence-electron chi connectivity index (χ3n) is 2.52. The van der Waals surface area contributed by atoms with Crippen molar-refractivity contribution in [3.05, 3.63) is 54.1 Å². The normalized spacial score (nSPS) is 9.65. The number of hydrogen-bond donors (Lipinski definition) is 0. The van der Waals surface area contributed by atoms with Crippen LogP contribution >= 0.6 is 0 Å². The summed E-state index contributed by atoms with van der Waals surface area (Å²) in [5, 5.41) is 9.04. The van der Waals surface area contributed by atoms with Gasteiger partial charge in [-0.15, -0.1) is 0 Å². The topological polar surface area (TPSA) is 33.0 Å². The lowest BCUT2D eigenvalue weighted by Crippen LogP contribution is -1.91. The summed E-state index contributed by atoms with van der Waals surface area (Å²) in [6.07, 6.45) is 0. The second-order valence-electron chi connectivity index (χ2n) is 3.61. The number of hydrogen-bond acceptors (Lipinski definition) is 2. The van der Waals surface area contributed by atoms with Crippen molar-refractivity contribution in [1.29, 1.82) is 5.26 Å². The summed E-state index contributed by atoms with van der Waals surface area (Å²) >= 11 is 0. The van der Waals surface area contributed by atoms with Gasteiger partial charge in [0, 0.05) is 0 Å². The van der Waals surface area contributed by atoms with Crippen LogP contribution in [0.3, 0.4) is 0 Å². The van der Waals surface area contributed by atoms with Crippen LogP contribution in [0.25, 0.3) is 11.1 Å². The minimum absolute atomic E-state index is 0.661. The van der Waals surface area contributed by atoms with Crippen LogP contribution in [-0.2, 0) is 0 Å². The first kappa shape index (κ1) is 11.2. The summed E-state index contributed by atoms with van der Waals surface area (Å²) in [7, 11) is 0. The smallest absolute Gasteiger partial charge is 0.119 e. The number of rotatable bonds is 3. The Morgan fingerprint density at radius 3 is 2.41 bits per heavy atom. The van der Waals surface area contributed by atoms with Crippen LogP contribution in [0.4, 0.5) is 0 Å². The van der Waals surface area contributed by atoms with Gasteiger partial charge in [-0.1, -0.05) is 30.3 Å². The van der Waals surface area contributed by atoms with Crippen LogP contribution in [0.5, 0.6) is 5.75 Å². The standard InChI is InChI=1S/C15H13NO/c1-2-17-14-9-7-12(8-10-14)15-6-4-3-5-13(15)11-16/h3-10H,2H2,1H3. The molecule has 0 saturated heterocycles. The minimum atomic E-state index is 0.661. The summed E-state index contributed by atoms with van der Waals surface area (Å²) in [6, 6.07) is 17.6. The SMILES string of the molecule is CCOc1ccc(-c2ccccc2C#N)cc1. The summed E-state index contributed by atoms with van der Waals surface area (Å²) in [4.78, 5) is 0. The lowest BCUT2D eigenvalue weighted by molar-refractivity contribution is 0.340. The zero-order valence-electron chi connectivity index (χ0n) is 9.68. The van der Waals surface area contributed by atoms with Gasteiger partial charge in [-0.3, -0.25) is 0 Å². The molecule has 0 aliphatic carbocycles. The van der Waals surface area contributed by atoms with Crippen LogP contribution in [-0.4, -0.2) is 6.61 Å². The van der Waals surface area contributed by atoms with E-state index in [0.717, 1.165) is 16.9 Å². The molecule has 0 atom stereocenters. The molecule has 0 saturated carbocycles. The Labute approximate surface area is 101 Å². The van der Waals surface area contributed by atoms with E-state index in [1.807, 2.05) is 55.5 Å². The molecule has 0 aliphatic rings. The van der Waals surface area contributed by atoms with E-state index in [0.29, 0.717) is 12.2 Å². The molecule has 0 aromatic heterocycles. The highest BCUT2D eigenvalue weighted by molar-refractivity contribution is 5.70. The molecule has 0 radical (unpaired) electrons. The fraction of sp³-hybridized carbons (Fsp3) is 0.133. The van der Waals surface area contributed by atoms with Gasteiger partial charge in [-0.25, -0.2) is 0 Å². The highest BCUT2D eigenvalue weighted by atomic mass is 16.5. The second-order valence-corrected chi connectivity index (χ2v) is 3.61. The van der Waals surface area contributed by atoms with E-state index >= 15 is 0 Å². The van der Waals surface area contributed by atoms with Gasteiger partial charge in [-0.05, 0) is 36.2 Å². The van der Waals surface area contributed by atoms with Crippen molar-refractivity contribution in [3.8, 4) is 22.9 Å². The molecule has 0 amide bonds. The van der Waals surface area contributed by atoms with Gasteiger partial charge in [0.1, 0.15) is 5.75 Å². The molecule has 2 aromatic carbocycles. The van der Waals surface area contributed by atoms with Crippen molar-refractivity contribution in [2.45, 2.75) is 6.92 Å². The molecule has 0 aliphatic heterocycles. The fourth-order valence-electron chi connectivity index (χ4n) is 1.73. The second kappa shape index (κ2) is 5.18. The zero-order chi connectivity index (χ0) is 12.1. The third-order valence-corrected chi connectivity index (χ3v) is 2.52. The van der Waals surface area contributed by atoms with E-state index in [9.17, 15) is 0 Å². The first-order valence-corrected chi connectivity index (χ1v) is 5.57. The number of nitriles is 1. The molecule has 0 unspecified atom stereocenters. The Morgan fingerprint density at radius 1 is 1.06 bits per heavy atom. The van der Waals surface area contributed by atoms with Crippen molar-refractivity contribution in [2.75, 3.05) is 6.61 Å². The molecule has 2 nitrogen and oxygen atoms in total. The molecular weight excluding hydrogens is 210 g/mol. The Bertz CT molecular complexity index is 538. The number of benzene rings is 2. The molecule has 2 heteroatoms. The van der Waals surface area contributed by atoms with E-state index < -0.39 is 0 Å². The zero-order valence-corrected chi connectivity index (χ0v) is 9.68. The van der Waals surface area contributed by atoms with Crippen LogP contribution in [0.2, 0.25) is 0 Å². The van der Waals surface area contributed by atoms with Crippen molar-refractivity contribution in [1.82, 2.24) is 0 Å². The van der Waals surface area contributed by atoms with Gasteiger partial charge in [-0.2, -0.15) is 5.26 Å². The molecule has 17 heavy (non-hydrogen) atoms. The van der Waals surface area contributed by atoms with E-state index in [-0.39, 0.29) is 0 Å². The highest BCUT2D eigenvalue weighted by Crippen LogP contribution is 2.25. The Kier molecular flexibility index (Phi) is 3.42. The van der Waals surface area contributed by atoms with E-state index in [1.54, 1.807) is 0 Å². The average Bonchev–Trinajstić information content (AvgIpc) is 2.40. The van der Waals surface area contributed by atoms with Crippen LogP contribution < -0.4 is 4.74 Å². The van der Waals surface area contributed by atoms with Gasteiger partial charge >= 0.3 is 0 Å². The molecule has 2 rings (SSSR count). The summed E-state index contributed by atoms with van der Waals surface area (Å²) in [6.45, 7) is 2.62. The van der Waals surface area contributed by atoms with Crippen molar-refractivity contribution in [3.63, 3.8) is 0 Å². The Hall–Kier alpha value is -2.27. The maximum atomic E-state index is 9.04. The number of nitrogens with zero attached hydrogens (tertiary/aromatic N) is 1. The van der Waals surface area contributed by atoms with E-state index in [2.05, 4.69) is 6.07 Å². The van der Waals surface area contributed by atoms with Crippen LogP contribution in [0, 0.1) is 11.3 Å². The predicted molar refractivity (Wildman–Crippen MR) is 67.8 cm³/mol. The van der Waals surface area contributed by atoms with Gasteiger partial charge in [0.05, 0.1) is 18.2 Å². The quantitative estimate of drug-likeness (QED) is 0.796. The third kappa shape index (κ3) is 2.46. The summed E-state index contributed by atoms with van der Waals surface area (Å²) in [5.74, 6) is 0.852. The monoisotopic (exact) mass is 223 g/mol. The molecule has 0 N–H and O–H groups in total. The minimum Gasteiger partial charge on any atom is -0.494 e. The van der Waals surface area contributed by atoms with E-state index in [4.69, 9.17) is 10.00 Å². The lowest BCUT2D eigenvalue weighted by atomic mass is 10.0. The van der Waals surface area contributed by atoms with Gasteiger partial charge in [0.15, 0.2) is 0 Å². The fourth-order valence-corrected chi connectivity index (χ4v) is 1.73. The first-order valence-electron chi connectivity index (χ1n) is 5.57. The number of ether oxygens (including phenoxy) is 1. The maximum absolute atomic E-state index is 9.04. The highest BCUT2D eigenvalue weighted by Gasteiger charge is 2.03. The maximum Gasteiger partial charge on any atom is 0.119 e. The van der Waals surface area contributed by atoms with Gasteiger partial charge < -0.3 is 4.74 Å². The average molecular weight is 223 g/mol. The van der Waals surface area contributed by atoms with Crippen LogP contribution in [0.1, 0.15) is 12.5 Å². The van der Waals surface area contributed by atoms with Crippen LogP contribution in [0.15, 0.2) is 48.5 Å². The Balaban J connectivity index is 2.37. The lowest BCUT2D eigenvalue weighted by Gasteiger charge is -2.06. The molecule has 0 spiro atoms. The van der Waals surface area contributed by atoms with Gasteiger partial charge in [0.2, 0.25) is 0 Å². The summed E-state index contributed by atoms with van der Waals surface area (Å²) < 4.78 is 5.39. The Morgan fingerprint density at radius 2 is 1.76 bits per heavy atom. The van der Waals surface area contributed by atoms with Crippen molar-refractivity contribution < 1.29 is 4.74 Å². The van der Waals surface area contributed by atoms with Crippen molar-refractivity contribution in [2.24, 2.45) is 0 Å². The molecule has 0 heterocycles. The molecule has 0 fully saturated rings. The van der Waals surface area contributed by atoms with Gasteiger partial charge in [0.25, 0.3) is 0 Å². The molecule has 84 valence electrons. The largest absolute Gasteiger partial charge is 0.494 e. The molecular formula is C15H13NO. The predicted octanol–water partition coefficient (Wildman–Crippen LogP) is 3.62. The molecule has 2 aromatic rings.